The molecular weight excluding hydrogens is 344 g/mol. The molecule has 0 aliphatic heterocycles. The van der Waals surface area contributed by atoms with Crippen LogP contribution in [0.3, 0.4) is 0 Å². The Morgan fingerprint density at radius 3 is 1.85 bits per heavy atom. The van der Waals surface area contributed by atoms with Gasteiger partial charge in [-0.05, 0) is 74.6 Å². The van der Waals surface area contributed by atoms with Crippen LogP contribution in [0.5, 0.6) is 11.5 Å². The fraction of sp³-hybridized carbons (Fsp3) is 0.364. The van der Waals surface area contributed by atoms with Gasteiger partial charge in [-0.3, -0.25) is 4.79 Å². The largest absolute Gasteiger partial charge is 0.493 e. The van der Waals surface area contributed by atoms with Gasteiger partial charge >= 0.3 is 5.97 Å². The molecule has 0 fully saturated rings. The van der Waals surface area contributed by atoms with E-state index in [4.69, 9.17) is 14.2 Å². The second-order valence-corrected chi connectivity index (χ2v) is 6.52. The van der Waals surface area contributed by atoms with Crippen LogP contribution in [0.15, 0.2) is 24.3 Å². The first-order valence-corrected chi connectivity index (χ1v) is 8.79. The minimum absolute atomic E-state index is 0.207. The molecular formula is C22H26O5. The summed E-state index contributed by atoms with van der Waals surface area (Å²) in [7, 11) is 1.52. The van der Waals surface area contributed by atoms with Gasteiger partial charge in [-0.15, -0.1) is 0 Å². The summed E-state index contributed by atoms with van der Waals surface area (Å²) in [6.45, 7) is 9.30. The van der Waals surface area contributed by atoms with E-state index in [1.165, 1.54) is 12.7 Å². The summed E-state index contributed by atoms with van der Waals surface area (Å²) in [6, 6.07) is 7.01. The van der Waals surface area contributed by atoms with Crippen LogP contribution >= 0.6 is 0 Å². The lowest BCUT2D eigenvalue weighted by atomic mass is 9.88. The maximum absolute atomic E-state index is 12.6. The molecule has 0 aromatic heterocycles. The van der Waals surface area contributed by atoms with Crippen LogP contribution in [-0.2, 0) is 9.53 Å². The number of ether oxygens (including phenoxy) is 3. The van der Waals surface area contributed by atoms with E-state index in [2.05, 4.69) is 0 Å². The van der Waals surface area contributed by atoms with Crippen molar-refractivity contribution in [1.82, 2.24) is 0 Å². The van der Waals surface area contributed by atoms with Gasteiger partial charge in [0.15, 0.2) is 24.7 Å². The molecule has 0 atom stereocenters. The quantitative estimate of drug-likeness (QED) is 0.544. The summed E-state index contributed by atoms with van der Waals surface area (Å²) in [5.41, 5.74) is 5.86. The molecule has 144 valence electrons. The monoisotopic (exact) mass is 370 g/mol. The highest BCUT2D eigenvalue weighted by molar-refractivity contribution is 6.01. The fourth-order valence-electron chi connectivity index (χ4n) is 3.05. The third-order valence-electron chi connectivity index (χ3n) is 5.06. The highest BCUT2D eigenvalue weighted by Crippen LogP contribution is 2.27. The lowest BCUT2D eigenvalue weighted by molar-refractivity contribution is -0.144. The minimum Gasteiger partial charge on any atom is -0.493 e. The number of rotatable bonds is 7. The number of hydrogen-bond donors (Lipinski definition) is 0. The lowest BCUT2D eigenvalue weighted by Gasteiger charge is -2.17. The Kier molecular flexibility index (Phi) is 6.61. The van der Waals surface area contributed by atoms with E-state index in [0.29, 0.717) is 17.1 Å². The number of para-hydroxylation sites is 2. The van der Waals surface area contributed by atoms with E-state index in [1.807, 2.05) is 34.6 Å². The molecule has 0 saturated carbocycles. The van der Waals surface area contributed by atoms with Crippen molar-refractivity contribution in [2.24, 2.45) is 0 Å². The molecule has 0 unspecified atom stereocenters. The smallest absolute Gasteiger partial charge is 0.344 e. The number of hydrogen-bond acceptors (Lipinski definition) is 5. The zero-order valence-corrected chi connectivity index (χ0v) is 16.8. The topological polar surface area (TPSA) is 61.8 Å². The second-order valence-electron chi connectivity index (χ2n) is 6.52. The average Bonchev–Trinajstić information content (AvgIpc) is 2.67. The third-order valence-corrected chi connectivity index (χ3v) is 5.06. The van der Waals surface area contributed by atoms with Gasteiger partial charge in [0.2, 0.25) is 5.78 Å². The van der Waals surface area contributed by atoms with Gasteiger partial charge in [0.05, 0.1) is 7.11 Å². The predicted molar refractivity (Wildman–Crippen MR) is 104 cm³/mol. The highest BCUT2D eigenvalue weighted by atomic mass is 16.6. The molecule has 5 heteroatoms. The van der Waals surface area contributed by atoms with Crippen LogP contribution in [-0.4, -0.2) is 32.1 Å². The molecule has 0 radical (unpaired) electrons. The van der Waals surface area contributed by atoms with E-state index in [9.17, 15) is 9.59 Å². The molecule has 0 aliphatic rings. The van der Waals surface area contributed by atoms with Crippen LogP contribution in [0.25, 0.3) is 0 Å². The Bertz CT molecular complexity index is 838. The van der Waals surface area contributed by atoms with Gasteiger partial charge in [0, 0.05) is 5.56 Å². The van der Waals surface area contributed by atoms with Crippen molar-refractivity contribution >= 4 is 11.8 Å². The number of carbonyl (C=O) groups excluding carboxylic acids is 2. The second kappa shape index (κ2) is 8.71. The summed E-state index contributed by atoms with van der Waals surface area (Å²) in [5, 5.41) is 0. The summed E-state index contributed by atoms with van der Waals surface area (Å²) in [4.78, 5) is 24.6. The summed E-state index contributed by atoms with van der Waals surface area (Å²) < 4.78 is 15.7. The molecule has 0 saturated heterocycles. The van der Waals surface area contributed by atoms with Crippen molar-refractivity contribution in [3.8, 4) is 11.5 Å². The van der Waals surface area contributed by atoms with Crippen molar-refractivity contribution in [3.05, 3.63) is 57.6 Å². The molecule has 0 aliphatic carbocycles. The molecule has 0 amide bonds. The van der Waals surface area contributed by atoms with Crippen LogP contribution in [0.2, 0.25) is 0 Å². The Hall–Kier alpha value is -2.82. The number of ketones is 1. The predicted octanol–water partition coefficient (Wildman–Crippen LogP) is 4.04. The first-order valence-electron chi connectivity index (χ1n) is 8.79. The molecule has 2 aromatic carbocycles. The normalized spacial score (nSPS) is 10.4. The van der Waals surface area contributed by atoms with E-state index >= 15 is 0 Å². The molecule has 0 N–H and O–H groups in total. The maximum Gasteiger partial charge on any atom is 0.344 e. The van der Waals surface area contributed by atoms with E-state index in [0.717, 1.165) is 22.3 Å². The first kappa shape index (κ1) is 20.5. The van der Waals surface area contributed by atoms with Gasteiger partial charge in [-0.25, -0.2) is 4.79 Å². The van der Waals surface area contributed by atoms with Gasteiger partial charge in [0.1, 0.15) is 0 Å². The molecule has 27 heavy (non-hydrogen) atoms. The van der Waals surface area contributed by atoms with Crippen LogP contribution < -0.4 is 9.47 Å². The summed E-state index contributed by atoms with van der Waals surface area (Å²) >= 11 is 0. The zero-order valence-electron chi connectivity index (χ0n) is 16.8. The van der Waals surface area contributed by atoms with Gasteiger partial charge < -0.3 is 14.2 Å². The van der Waals surface area contributed by atoms with Crippen LogP contribution in [0.1, 0.15) is 38.2 Å². The van der Waals surface area contributed by atoms with E-state index in [-0.39, 0.29) is 19.0 Å². The summed E-state index contributed by atoms with van der Waals surface area (Å²) in [6.07, 6.45) is 0. The lowest BCUT2D eigenvalue weighted by Crippen LogP contribution is -2.21. The minimum atomic E-state index is -0.606. The number of esters is 1. The first-order chi connectivity index (χ1) is 12.8. The molecule has 0 spiro atoms. The Morgan fingerprint density at radius 2 is 1.30 bits per heavy atom. The summed E-state index contributed by atoms with van der Waals surface area (Å²) in [5.74, 6) is 0.157. The number of Topliss-reactive ketones (excluding diaryl/α,β-unsaturated/α-hetero) is 1. The molecule has 0 heterocycles. The highest BCUT2D eigenvalue weighted by Gasteiger charge is 2.19. The Morgan fingerprint density at radius 1 is 0.778 bits per heavy atom. The van der Waals surface area contributed by atoms with Crippen molar-refractivity contribution in [2.75, 3.05) is 20.3 Å². The maximum atomic E-state index is 12.6. The fourth-order valence-corrected chi connectivity index (χ4v) is 3.05. The van der Waals surface area contributed by atoms with Gasteiger partial charge in [0.25, 0.3) is 0 Å². The van der Waals surface area contributed by atoms with Gasteiger partial charge in [-0.1, -0.05) is 12.1 Å². The number of methoxy groups -OCH3 is 1. The average molecular weight is 370 g/mol. The number of carbonyl (C=O) groups is 2. The number of benzene rings is 2. The molecule has 2 aromatic rings. The van der Waals surface area contributed by atoms with Crippen molar-refractivity contribution < 1.29 is 23.8 Å². The Labute approximate surface area is 160 Å². The third kappa shape index (κ3) is 4.48. The van der Waals surface area contributed by atoms with Crippen LogP contribution in [0, 0.1) is 34.6 Å². The van der Waals surface area contributed by atoms with E-state index in [1.54, 1.807) is 24.3 Å². The van der Waals surface area contributed by atoms with E-state index < -0.39 is 5.97 Å². The zero-order chi connectivity index (χ0) is 20.1. The van der Waals surface area contributed by atoms with Crippen molar-refractivity contribution in [1.29, 1.82) is 0 Å². The van der Waals surface area contributed by atoms with Crippen LogP contribution in [0.4, 0.5) is 0 Å². The molecule has 0 bridgehead atoms. The van der Waals surface area contributed by atoms with Gasteiger partial charge in [-0.2, -0.15) is 0 Å². The standard InChI is InChI=1S/C22H26O5/c1-13-14(2)16(4)22(17(5)15(13)3)18(23)11-27-21(24)12-26-20-10-8-7-9-19(20)25-6/h7-10H,11-12H2,1-6H3. The Balaban J connectivity index is 2.01. The van der Waals surface area contributed by atoms with Crippen molar-refractivity contribution in [2.45, 2.75) is 34.6 Å². The molecule has 2 rings (SSSR count). The van der Waals surface area contributed by atoms with Crippen molar-refractivity contribution in [3.63, 3.8) is 0 Å². The SMILES string of the molecule is COc1ccccc1OCC(=O)OCC(=O)c1c(C)c(C)c(C)c(C)c1C. The molecule has 5 nitrogen and oxygen atoms in total.